The summed E-state index contributed by atoms with van der Waals surface area (Å²) in [6, 6.07) is 4.87. The first-order valence-electron chi connectivity index (χ1n) is 11.0. The van der Waals surface area contributed by atoms with Crippen LogP contribution in [0.1, 0.15) is 9.67 Å². The molecule has 10 nitrogen and oxygen atoms in total. The zero-order valence-corrected chi connectivity index (χ0v) is 21.2. The Morgan fingerprint density at radius 1 is 1.15 bits per heavy atom. The highest BCUT2D eigenvalue weighted by Gasteiger charge is 2.45. The number of rotatable bonds is 9. The van der Waals surface area contributed by atoms with Crippen LogP contribution in [0, 0.1) is 0 Å². The Bertz CT molecular complexity index is 1200. The molecule has 2 N–H and O–H groups in total. The molecule has 1 aliphatic heterocycles. The quantitative estimate of drug-likeness (QED) is 0.338. The van der Waals surface area contributed by atoms with Gasteiger partial charge in [-0.25, -0.2) is 18.5 Å². The third kappa shape index (κ3) is 8.24. The van der Waals surface area contributed by atoms with E-state index in [1.165, 1.54) is 29.2 Å². The molecule has 212 valence electrons. The van der Waals surface area contributed by atoms with Gasteiger partial charge in [0, 0.05) is 18.8 Å². The molecule has 0 radical (unpaired) electrons. The van der Waals surface area contributed by atoms with Gasteiger partial charge in [0.05, 0.1) is 21.5 Å². The molecule has 2 aromatic rings. The molecule has 4 amide bonds. The molecule has 0 aliphatic carbocycles. The standard InChI is InChI=1S/C22H20ClF5N4O6S/c23-16-6-5-15(39-16)19(34)29-9-14(30-21(36)38-10-17(24)25)20(35)32(22(26,27)28)13-3-1-12(2-4-13)31-7-8-37-11-18(31)33/h1-6,14,17H,7-11H2,(H,29,34)(H,30,36)/t14-/m0/s1. The lowest BCUT2D eigenvalue weighted by atomic mass is 10.2. The third-order valence-electron chi connectivity index (χ3n) is 5.07. The molecule has 3 rings (SSSR count). The minimum atomic E-state index is -5.31. The fourth-order valence-electron chi connectivity index (χ4n) is 3.37. The number of amides is 4. The first-order chi connectivity index (χ1) is 18.4. The minimum Gasteiger partial charge on any atom is -0.443 e. The van der Waals surface area contributed by atoms with Crippen molar-refractivity contribution in [3.05, 3.63) is 45.6 Å². The Balaban J connectivity index is 1.84. The van der Waals surface area contributed by atoms with Gasteiger partial charge in [-0.2, -0.15) is 0 Å². The van der Waals surface area contributed by atoms with E-state index in [4.69, 9.17) is 16.3 Å². The summed E-state index contributed by atoms with van der Waals surface area (Å²) in [6.07, 6.45) is -9.99. The Hall–Kier alpha value is -3.50. The molecule has 1 aromatic heterocycles. The molecule has 1 aliphatic rings. The maximum absolute atomic E-state index is 14.1. The third-order valence-corrected chi connectivity index (χ3v) is 6.30. The van der Waals surface area contributed by atoms with Crippen LogP contribution in [0.4, 0.5) is 38.1 Å². The number of nitrogens with zero attached hydrogens (tertiary/aromatic N) is 2. The van der Waals surface area contributed by atoms with Crippen molar-refractivity contribution in [1.29, 1.82) is 0 Å². The summed E-state index contributed by atoms with van der Waals surface area (Å²) < 4.78 is 76.5. The fraction of sp³-hybridized carbons (Fsp3) is 0.364. The number of hydrogen-bond acceptors (Lipinski definition) is 7. The molecule has 17 heteroatoms. The highest BCUT2D eigenvalue weighted by molar-refractivity contribution is 7.18. The van der Waals surface area contributed by atoms with Crippen molar-refractivity contribution in [2.24, 2.45) is 0 Å². The summed E-state index contributed by atoms with van der Waals surface area (Å²) in [6.45, 7) is -2.05. The topological polar surface area (TPSA) is 117 Å². The van der Waals surface area contributed by atoms with Crippen molar-refractivity contribution in [2.45, 2.75) is 18.8 Å². The molecular weight excluding hydrogens is 579 g/mol. The number of carbonyl (C=O) groups excluding carboxylic acids is 4. The van der Waals surface area contributed by atoms with Gasteiger partial charge < -0.3 is 25.0 Å². The van der Waals surface area contributed by atoms with E-state index in [2.05, 4.69) is 10.1 Å². The van der Waals surface area contributed by atoms with Crippen LogP contribution in [0.5, 0.6) is 0 Å². The molecule has 0 bridgehead atoms. The molecule has 0 saturated carbocycles. The van der Waals surface area contributed by atoms with E-state index in [9.17, 15) is 41.1 Å². The predicted octanol–water partition coefficient (Wildman–Crippen LogP) is 3.41. The largest absolute Gasteiger partial charge is 0.491 e. The number of benzene rings is 1. The number of thiophene rings is 1. The first kappa shape index (κ1) is 30.0. The minimum absolute atomic E-state index is 0.0624. The monoisotopic (exact) mass is 598 g/mol. The molecule has 0 unspecified atom stereocenters. The average molecular weight is 599 g/mol. The Kier molecular flexibility index (Phi) is 10.0. The number of alkyl carbamates (subject to hydrolysis) is 1. The summed E-state index contributed by atoms with van der Waals surface area (Å²) in [4.78, 5) is 50.2. The number of anilines is 2. The van der Waals surface area contributed by atoms with Crippen LogP contribution in [-0.2, 0) is 19.1 Å². The molecular formula is C22H20ClF5N4O6S. The molecule has 2 heterocycles. The Morgan fingerprint density at radius 2 is 1.85 bits per heavy atom. The molecule has 1 atom stereocenters. The van der Waals surface area contributed by atoms with E-state index in [1.54, 1.807) is 5.32 Å². The van der Waals surface area contributed by atoms with E-state index in [0.717, 1.165) is 23.5 Å². The zero-order valence-electron chi connectivity index (χ0n) is 19.7. The number of morpholine rings is 1. The van der Waals surface area contributed by atoms with Crippen molar-refractivity contribution < 1.29 is 50.6 Å². The van der Waals surface area contributed by atoms with E-state index >= 15 is 0 Å². The van der Waals surface area contributed by atoms with Gasteiger partial charge in [-0.3, -0.25) is 14.4 Å². The van der Waals surface area contributed by atoms with Gasteiger partial charge in [-0.05, 0) is 36.4 Å². The zero-order chi connectivity index (χ0) is 28.7. The number of hydrogen-bond donors (Lipinski definition) is 2. The molecule has 0 spiro atoms. The van der Waals surface area contributed by atoms with Gasteiger partial charge in [-0.15, -0.1) is 24.5 Å². The van der Waals surface area contributed by atoms with Crippen LogP contribution in [-0.4, -0.2) is 75.5 Å². The lowest BCUT2D eigenvalue weighted by molar-refractivity contribution is -0.151. The van der Waals surface area contributed by atoms with Crippen LogP contribution in [0.15, 0.2) is 36.4 Å². The van der Waals surface area contributed by atoms with E-state index < -0.39 is 66.3 Å². The second-order valence-electron chi connectivity index (χ2n) is 7.76. The van der Waals surface area contributed by atoms with Gasteiger partial charge in [0.25, 0.3) is 24.1 Å². The molecule has 39 heavy (non-hydrogen) atoms. The van der Waals surface area contributed by atoms with Crippen molar-refractivity contribution in [1.82, 2.24) is 10.6 Å². The Labute approximate surface area is 226 Å². The number of halogens is 6. The fourth-order valence-corrected chi connectivity index (χ4v) is 4.33. The van der Waals surface area contributed by atoms with Crippen molar-refractivity contribution in [3.8, 4) is 0 Å². The van der Waals surface area contributed by atoms with E-state index in [-0.39, 0.29) is 34.7 Å². The summed E-state index contributed by atoms with van der Waals surface area (Å²) in [5.74, 6) is -2.98. The van der Waals surface area contributed by atoms with Crippen LogP contribution in [0.2, 0.25) is 4.34 Å². The van der Waals surface area contributed by atoms with Crippen molar-refractivity contribution >= 4 is 58.1 Å². The van der Waals surface area contributed by atoms with E-state index in [0.29, 0.717) is 0 Å². The Morgan fingerprint density at radius 3 is 2.41 bits per heavy atom. The van der Waals surface area contributed by atoms with Crippen LogP contribution in [0.3, 0.4) is 0 Å². The number of carbonyl (C=O) groups is 4. The normalized spacial score (nSPS) is 14.6. The second kappa shape index (κ2) is 13.0. The number of nitrogens with one attached hydrogen (secondary N) is 2. The molecule has 1 aromatic carbocycles. The van der Waals surface area contributed by atoms with Gasteiger partial charge in [0.2, 0.25) is 0 Å². The SMILES string of the molecule is O=C(N[C@@H](CNC(=O)c1ccc(Cl)s1)C(=O)N(c1ccc(N2CCOCC2=O)cc1)C(F)(F)F)OCC(F)F. The second-order valence-corrected chi connectivity index (χ2v) is 9.47. The first-order valence-corrected chi connectivity index (χ1v) is 12.2. The predicted molar refractivity (Wildman–Crippen MR) is 129 cm³/mol. The van der Waals surface area contributed by atoms with Gasteiger partial charge >= 0.3 is 12.4 Å². The van der Waals surface area contributed by atoms with Gasteiger partial charge in [-0.1, -0.05) is 11.6 Å². The highest BCUT2D eigenvalue weighted by Crippen LogP contribution is 2.31. The van der Waals surface area contributed by atoms with Crippen LogP contribution in [0.25, 0.3) is 0 Å². The lowest BCUT2D eigenvalue weighted by Crippen LogP contribution is -2.57. The van der Waals surface area contributed by atoms with Gasteiger partial charge in [0.15, 0.2) is 6.61 Å². The number of ether oxygens (including phenoxy) is 2. The van der Waals surface area contributed by atoms with E-state index in [1.807, 2.05) is 0 Å². The van der Waals surface area contributed by atoms with Crippen LogP contribution >= 0.6 is 22.9 Å². The summed E-state index contributed by atoms with van der Waals surface area (Å²) in [7, 11) is 0. The van der Waals surface area contributed by atoms with Gasteiger partial charge in [0.1, 0.15) is 12.6 Å². The smallest absolute Gasteiger partial charge is 0.443 e. The van der Waals surface area contributed by atoms with Crippen molar-refractivity contribution in [2.75, 3.05) is 42.7 Å². The summed E-state index contributed by atoms with van der Waals surface area (Å²) in [5, 5.41) is 3.99. The highest BCUT2D eigenvalue weighted by atomic mass is 35.5. The number of alkyl halides is 5. The van der Waals surface area contributed by atoms with Crippen molar-refractivity contribution in [3.63, 3.8) is 0 Å². The van der Waals surface area contributed by atoms with Crippen LogP contribution < -0.4 is 20.4 Å². The maximum atomic E-state index is 14.1. The lowest BCUT2D eigenvalue weighted by Gasteiger charge is -2.30. The molecule has 1 saturated heterocycles. The maximum Gasteiger partial charge on any atom is 0.491 e. The average Bonchev–Trinajstić information content (AvgIpc) is 3.31. The summed E-state index contributed by atoms with van der Waals surface area (Å²) in [5.41, 5.74) is -0.421. The molecule has 1 fully saturated rings. The summed E-state index contributed by atoms with van der Waals surface area (Å²) >= 11 is 6.61.